The Morgan fingerprint density at radius 3 is 2.74 bits per heavy atom. The lowest BCUT2D eigenvalue weighted by Gasteiger charge is -2.28. The van der Waals surface area contributed by atoms with E-state index in [1.165, 1.54) is 0 Å². The summed E-state index contributed by atoms with van der Waals surface area (Å²) >= 11 is 0. The van der Waals surface area contributed by atoms with Crippen LogP contribution in [-0.4, -0.2) is 66.0 Å². The van der Waals surface area contributed by atoms with Crippen LogP contribution in [0.4, 0.5) is 4.79 Å². The molecule has 0 spiro atoms. The zero-order chi connectivity index (χ0) is 24.5. The fraction of sp³-hybridized carbons (Fsp3) is 0.346. The van der Waals surface area contributed by atoms with E-state index in [1.54, 1.807) is 19.1 Å². The molecule has 35 heavy (non-hydrogen) atoms. The summed E-state index contributed by atoms with van der Waals surface area (Å²) < 4.78 is 10.9. The summed E-state index contributed by atoms with van der Waals surface area (Å²) in [4.78, 5) is 45.0. The first-order valence-electron chi connectivity index (χ1n) is 11.7. The molecule has 4 amide bonds. The van der Waals surface area contributed by atoms with Crippen LogP contribution in [0.25, 0.3) is 10.9 Å². The van der Waals surface area contributed by atoms with Crippen molar-refractivity contribution in [1.29, 1.82) is 0 Å². The van der Waals surface area contributed by atoms with E-state index < -0.39 is 12.1 Å². The topological polar surface area (TPSA) is 104 Å². The molecule has 2 fully saturated rings. The first-order valence-corrected chi connectivity index (χ1v) is 11.7. The molecule has 2 aromatic carbocycles. The molecule has 0 bridgehead atoms. The quantitative estimate of drug-likeness (QED) is 0.510. The molecular formula is C26H28N4O5. The maximum Gasteiger partial charge on any atom is 0.325 e. The number of H-pyrrole nitrogens is 1. The SMILES string of the molecule is COc1ccc(OC)c([C@@H]2CCCN2C(=O)CN2C(=O)N[C@H](Cc3c[nH]c4ccccc34)C2=O)c1. The number of aromatic nitrogens is 1. The van der Waals surface area contributed by atoms with Crippen molar-refractivity contribution in [2.24, 2.45) is 0 Å². The Balaban J connectivity index is 1.30. The number of urea groups is 1. The number of fused-ring (bicyclic) bond motifs is 1. The van der Waals surface area contributed by atoms with Crippen LogP contribution < -0.4 is 14.8 Å². The predicted octanol–water partition coefficient (Wildman–Crippen LogP) is 3.01. The predicted molar refractivity (Wildman–Crippen MR) is 129 cm³/mol. The van der Waals surface area contributed by atoms with E-state index in [0.717, 1.165) is 39.8 Å². The van der Waals surface area contributed by atoms with Gasteiger partial charge in [-0.05, 0) is 42.7 Å². The Labute approximate surface area is 203 Å². The second-order valence-electron chi connectivity index (χ2n) is 8.84. The molecule has 3 aromatic rings. The number of benzene rings is 2. The average molecular weight is 477 g/mol. The zero-order valence-corrected chi connectivity index (χ0v) is 19.7. The lowest BCUT2D eigenvalue weighted by molar-refractivity contribution is -0.138. The fourth-order valence-corrected chi connectivity index (χ4v) is 5.10. The lowest BCUT2D eigenvalue weighted by atomic mass is 10.0. The Morgan fingerprint density at radius 2 is 1.94 bits per heavy atom. The summed E-state index contributed by atoms with van der Waals surface area (Å²) in [6.45, 7) is 0.254. The molecule has 2 saturated heterocycles. The molecule has 0 unspecified atom stereocenters. The monoisotopic (exact) mass is 476 g/mol. The van der Waals surface area contributed by atoms with Crippen LogP contribution >= 0.6 is 0 Å². The third-order valence-electron chi connectivity index (χ3n) is 6.87. The highest BCUT2D eigenvalue weighted by Gasteiger charge is 2.41. The summed E-state index contributed by atoms with van der Waals surface area (Å²) in [5.41, 5.74) is 2.77. The summed E-state index contributed by atoms with van der Waals surface area (Å²) in [6, 6.07) is 11.9. The molecule has 0 radical (unpaired) electrons. The Morgan fingerprint density at radius 1 is 1.11 bits per heavy atom. The van der Waals surface area contributed by atoms with Gasteiger partial charge in [-0.15, -0.1) is 0 Å². The zero-order valence-electron chi connectivity index (χ0n) is 19.7. The van der Waals surface area contributed by atoms with Crippen LogP contribution in [0.3, 0.4) is 0 Å². The molecule has 182 valence electrons. The van der Waals surface area contributed by atoms with Crippen molar-refractivity contribution in [1.82, 2.24) is 20.1 Å². The molecule has 2 aliphatic rings. The van der Waals surface area contributed by atoms with Crippen molar-refractivity contribution in [3.8, 4) is 11.5 Å². The van der Waals surface area contributed by atoms with Crippen LogP contribution in [0.15, 0.2) is 48.7 Å². The summed E-state index contributed by atoms with van der Waals surface area (Å²) in [7, 11) is 3.18. The average Bonchev–Trinajstić information content (AvgIpc) is 3.59. The van der Waals surface area contributed by atoms with Crippen molar-refractivity contribution < 1.29 is 23.9 Å². The van der Waals surface area contributed by atoms with Gasteiger partial charge < -0.3 is 24.7 Å². The van der Waals surface area contributed by atoms with E-state index in [4.69, 9.17) is 9.47 Å². The molecule has 5 rings (SSSR count). The van der Waals surface area contributed by atoms with Crippen molar-refractivity contribution in [3.05, 3.63) is 59.8 Å². The number of nitrogens with zero attached hydrogens (tertiary/aromatic N) is 2. The number of aromatic amines is 1. The molecule has 0 saturated carbocycles. The van der Waals surface area contributed by atoms with E-state index in [9.17, 15) is 14.4 Å². The van der Waals surface area contributed by atoms with Gasteiger partial charge in [-0.3, -0.25) is 14.5 Å². The highest BCUT2D eigenvalue weighted by molar-refractivity contribution is 6.06. The number of likely N-dealkylation sites (tertiary alicyclic amines) is 1. The van der Waals surface area contributed by atoms with Crippen molar-refractivity contribution in [2.45, 2.75) is 31.3 Å². The van der Waals surface area contributed by atoms with Gasteiger partial charge in [0.25, 0.3) is 5.91 Å². The summed E-state index contributed by atoms with van der Waals surface area (Å²) in [6.07, 6.45) is 3.79. The largest absolute Gasteiger partial charge is 0.497 e. The number of para-hydroxylation sites is 1. The molecule has 2 atom stereocenters. The van der Waals surface area contributed by atoms with E-state index in [0.29, 0.717) is 24.5 Å². The minimum Gasteiger partial charge on any atom is -0.497 e. The molecule has 2 N–H and O–H groups in total. The minimum absolute atomic E-state index is 0.213. The number of amides is 4. The molecule has 9 nitrogen and oxygen atoms in total. The van der Waals surface area contributed by atoms with Gasteiger partial charge in [0.1, 0.15) is 24.1 Å². The normalized spacial score (nSPS) is 19.9. The number of ether oxygens (including phenoxy) is 2. The fourth-order valence-electron chi connectivity index (χ4n) is 5.10. The van der Waals surface area contributed by atoms with Crippen molar-refractivity contribution in [3.63, 3.8) is 0 Å². The van der Waals surface area contributed by atoms with Gasteiger partial charge >= 0.3 is 6.03 Å². The molecule has 1 aromatic heterocycles. The van der Waals surface area contributed by atoms with Crippen molar-refractivity contribution in [2.75, 3.05) is 27.3 Å². The van der Waals surface area contributed by atoms with Gasteiger partial charge in [0.15, 0.2) is 0 Å². The Hall–Kier alpha value is -4.01. The summed E-state index contributed by atoms with van der Waals surface area (Å²) in [5, 5.41) is 3.76. The maximum atomic E-state index is 13.3. The van der Waals surface area contributed by atoms with Gasteiger partial charge in [-0.1, -0.05) is 18.2 Å². The number of methoxy groups -OCH3 is 2. The van der Waals surface area contributed by atoms with E-state index in [2.05, 4.69) is 10.3 Å². The number of carbonyl (C=O) groups is 3. The van der Waals surface area contributed by atoms with Crippen molar-refractivity contribution >= 4 is 28.7 Å². The highest BCUT2D eigenvalue weighted by atomic mass is 16.5. The van der Waals surface area contributed by atoms with Crippen LogP contribution in [0.2, 0.25) is 0 Å². The van der Waals surface area contributed by atoms with Gasteiger partial charge in [0.05, 0.1) is 20.3 Å². The highest BCUT2D eigenvalue weighted by Crippen LogP contribution is 2.39. The minimum atomic E-state index is -0.706. The Kier molecular flexibility index (Phi) is 6.07. The second-order valence-corrected chi connectivity index (χ2v) is 8.84. The van der Waals surface area contributed by atoms with Crippen LogP contribution in [-0.2, 0) is 16.0 Å². The van der Waals surface area contributed by atoms with E-state index in [-0.39, 0.29) is 24.4 Å². The van der Waals surface area contributed by atoms with Gasteiger partial charge in [-0.25, -0.2) is 4.79 Å². The number of rotatable bonds is 7. The molecule has 2 aliphatic heterocycles. The van der Waals surface area contributed by atoms with Gasteiger partial charge in [-0.2, -0.15) is 0 Å². The van der Waals surface area contributed by atoms with Crippen LogP contribution in [0.5, 0.6) is 11.5 Å². The van der Waals surface area contributed by atoms with E-state index >= 15 is 0 Å². The smallest absolute Gasteiger partial charge is 0.325 e. The maximum absolute atomic E-state index is 13.3. The number of carbonyl (C=O) groups excluding carboxylic acids is 3. The lowest BCUT2D eigenvalue weighted by Crippen LogP contribution is -2.43. The van der Waals surface area contributed by atoms with Crippen LogP contribution in [0.1, 0.15) is 30.0 Å². The molecular weight excluding hydrogens is 448 g/mol. The first kappa shape index (κ1) is 22.8. The third kappa shape index (κ3) is 4.18. The van der Waals surface area contributed by atoms with Gasteiger partial charge in [0.2, 0.25) is 5.91 Å². The molecule has 3 heterocycles. The van der Waals surface area contributed by atoms with E-state index in [1.807, 2.05) is 48.7 Å². The van der Waals surface area contributed by atoms with Gasteiger partial charge in [0, 0.05) is 35.6 Å². The number of imide groups is 1. The summed E-state index contributed by atoms with van der Waals surface area (Å²) in [5.74, 6) is 0.690. The number of hydrogen-bond donors (Lipinski definition) is 2. The third-order valence-corrected chi connectivity index (χ3v) is 6.87. The number of nitrogens with one attached hydrogen (secondary N) is 2. The Bertz CT molecular complexity index is 1290. The molecule has 0 aliphatic carbocycles. The molecule has 9 heteroatoms. The van der Waals surface area contributed by atoms with Crippen LogP contribution in [0, 0.1) is 0 Å². The second kappa shape index (κ2) is 9.32. The first-order chi connectivity index (χ1) is 17.0. The number of hydrogen-bond acceptors (Lipinski definition) is 5. The standard InChI is InChI=1S/C26H28N4O5/c1-34-17-9-10-23(35-2)19(13-17)22-8-5-11-29(22)24(31)15-30-25(32)21(28-26(30)33)12-16-14-27-20-7-4-3-6-18(16)20/h3-4,6-7,9-10,13-14,21-22,27H,5,8,11-12,15H2,1-2H3,(H,28,33)/t21-,22+/m1/s1.